The molecular weight excluding hydrogens is 100 g/mol. The molecule has 2 nitrogen and oxygen atoms in total. The Morgan fingerprint density at radius 2 is 1.75 bits per heavy atom. The molecule has 1 saturated carbocycles. The second-order valence-corrected chi connectivity index (χ2v) is 1.73. The van der Waals surface area contributed by atoms with Gasteiger partial charge in [-0.2, -0.15) is 0 Å². The fraction of sp³-hybridized carbons (Fsp3) is 0.667. The summed E-state index contributed by atoms with van der Waals surface area (Å²) in [5, 5.41) is 0. The minimum Gasteiger partial charge on any atom is -0.304 e. The molecule has 0 spiro atoms. The smallest absolute Gasteiger partial charge is 0.0494 e. The molecule has 0 bridgehead atoms. The molecule has 0 radical (unpaired) electrons. The molecule has 0 aromatic carbocycles. The van der Waals surface area contributed by atoms with Crippen LogP contribution in [0.15, 0.2) is 9.98 Å². The molecule has 0 amide bonds. The second-order valence-electron chi connectivity index (χ2n) is 1.73. The molecule has 46 valence electrons. The monoisotopic (exact) mass is 112 g/mol. The first-order valence-electron chi connectivity index (χ1n) is 2.65. The van der Waals surface area contributed by atoms with E-state index in [1.165, 1.54) is 12.8 Å². The van der Waals surface area contributed by atoms with E-state index in [4.69, 9.17) is 0 Å². The zero-order valence-corrected chi connectivity index (χ0v) is 5.30. The van der Waals surface area contributed by atoms with Crippen LogP contribution in [0.4, 0.5) is 0 Å². The molecule has 0 aromatic heterocycles. The van der Waals surface area contributed by atoms with Gasteiger partial charge < -0.3 is 4.99 Å². The molecule has 1 aliphatic carbocycles. The highest BCUT2D eigenvalue weighted by atomic mass is 14.8. The third kappa shape index (κ3) is 5.34. The minimum atomic E-state index is 0.648. The van der Waals surface area contributed by atoms with Gasteiger partial charge in [-0.05, 0) is 26.3 Å². The number of nitrogens with zero attached hydrogens (tertiary/aromatic N) is 2. The topological polar surface area (TPSA) is 24.7 Å². The van der Waals surface area contributed by atoms with Crippen molar-refractivity contribution in [2.75, 3.05) is 7.05 Å². The zero-order valence-electron chi connectivity index (χ0n) is 5.30. The van der Waals surface area contributed by atoms with E-state index in [0.29, 0.717) is 6.04 Å². The lowest BCUT2D eigenvalue weighted by Gasteiger charge is -1.66. The molecule has 0 aliphatic heterocycles. The minimum absolute atomic E-state index is 0.648. The van der Waals surface area contributed by atoms with Crippen molar-refractivity contribution in [3.8, 4) is 0 Å². The third-order valence-electron chi connectivity index (χ3n) is 0.805. The van der Waals surface area contributed by atoms with E-state index in [-0.39, 0.29) is 0 Å². The summed E-state index contributed by atoms with van der Waals surface area (Å²) in [6, 6.07) is 0.648. The van der Waals surface area contributed by atoms with Crippen molar-refractivity contribution in [3.05, 3.63) is 0 Å². The van der Waals surface area contributed by atoms with Crippen molar-refractivity contribution in [3.63, 3.8) is 0 Å². The van der Waals surface area contributed by atoms with Crippen LogP contribution in [0.3, 0.4) is 0 Å². The molecular formula is C6H12N2. The zero-order chi connectivity index (χ0) is 6.41. The summed E-state index contributed by atoms with van der Waals surface area (Å²) in [7, 11) is 1.64. The van der Waals surface area contributed by atoms with Gasteiger partial charge in [-0.25, -0.2) is 0 Å². The van der Waals surface area contributed by atoms with Gasteiger partial charge in [0.2, 0.25) is 0 Å². The predicted octanol–water partition coefficient (Wildman–Crippen LogP) is 1.17. The molecule has 0 atom stereocenters. The Morgan fingerprint density at radius 3 is 1.75 bits per heavy atom. The molecule has 0 heterocycles. The van der Waals surface area contributed by atoms with Crippen molar-refractivity contribution < 1.29 is 0 Å². The predicted molar refractivity (Wildman–Crippen MR) is 38.0 cm³/mol. The van der Waals surface area contributed by atoms with Gasteiger partial charge >= 0.3 is 0 Å². The van der Waals surface area contributed by atoms with Crippen LogP contribution in [-0.4, -0.2) is 26.5 Å². The van der Waals surface area contributed by atoms with Crippen LogP contribution in [-0.2, 0) is 0 Å². The Bertz CT molecular complexity index is 74.6. The van der Waals surface area contributed by atoms with E-state index in [0.717, 1.165) is 0 Å². The lowest BCUT2D eigenvalue weighted by molar-refractivity contribution is 1.08. The number of rotatable bonds is 1. The van der Waals surface area contributed by atoms with Gasteiger partial charge in [0.25, 0.3) is 0 Å². The molecule has 1 aliphatic rings. The maximum absolute atomic E-state index is 3.75. The Morgan fingerprint density at radius 1 is 1.38 bits per heavy atom. The van der Waals surface area contributed by atoms with Crippen LogP contribution in [0.1, 0.15) is 12.8 Å². The highest BCUT2D eigenvalue weighted by molar-refractivity contribution is 5.25. The first-order chi connectivity index (χ1) is 3.85. The average Bonchev–Trinajstić information content (AvgIpc) is 2.48. The van der Waals surface area contributed by atoms with Gasteiger partial charge in [0, 0.05) is 13.1 Å². The van der Waals surface area contributed by atoms with Crippen molar-refractivity contribution in [1.82, 2.24) is 0 Å². The number of aliphatic imine (C=N–C) groups is 2. The van der Waals surface area contributed by atoms with Crippen LogP contribution >= 0.6 is 0 Å². The third-order valence-corrected chi connectivity index (χ3v) is 0.805. The fourth-order valence-electron chi connectivity index (χ4n) is 0.257. The second kappa shape index (κ2) is 4.50. The summed E-state index contributed by atoms with van der Waals surface area (Å²) < 4.78 is 0. The maximum atomic E-state index is 3.75. The van der Waals surface area contributed by atoms with Gasteiger partial charge in [-0.15, -0.1) is 0 Å². The van der Waals surface area contributed by atoms with Crippen LogP contribution in [0.5, 0.6) is 0 Å². The van der Waals surface area contributed by atoms with Gasteiger partial charge in [0.15, 0.2) is 0 Å². The normalized spacial score (nSPS) is 15.6. The molecule has 2 heteroatoms. The van der Waals surface area contributed by atoms with Crippen molar-refractivity contribution in [1.29, 1.82) is 0 Å². The first kappa shape index (κ1) is 7.34. The highest BCUT2D eigenvalue weighted by Gasteiger charge is 2.17. The quantitative estimate of drug-likeness (QED) is 0.455. The Balaban J connectivity index is 0.000000145. The molecule has 0 unspecified atom stereocenters. The standard InChI is InChI=1S/C4H7N.C2H5N/c1-5-4-2-3-4;1-3-2/h4H,1-3H2;1H2,2H3. The van der Waals surface area contributed by atoms with Crippen LogP contribution in [0.2, 0.25) is 0 Å². The summed E-state index contributed by atoms with van der Waals surface area (Å²) in [5.74, 6) is 0. The molecule has 0 N–H and O–H groups in total. The van der Waals surface area contributed by atoms with E-state index >= 15 is 0 Å². The summed E-state index contributed by atoms with van der Waals surface area (Å²) in [5.41, 5.74) is 0. The average molecular weight is 112 g/mol. The first-order valence-corrected chi connectivity index (χ1v) is 2.65. The lowest BCUT2D eigenvalue weighted by atomic mass is 10.8. The van der Waals surface area contributed by atoms with E-state index in [1.54, 1.807) is 7.05 Å². The number of hydrogen-bond acceptors (Lipinski definition) is 2. The molecule has 0 saturated heterocycles. The summed E-state index contributed by atoms with van der Waals surface area (Å²) >= 11 is 0. The molecule has 1 fully saturated rings. The summed E-state index contributed by atoms with van der Waals surface area (Å²) in [6.07, 6.45) is 2.56. The van der Waals surface area contributed by atoms with Crippen LogP contribution in [0.25, 0.3) is 0 Å². The van der Waals surface area contributed by atoms with E-state index in [9.17, 15) is 0 Å². The Labute approximate surface area is 50.4 Å². The van der Waals surface area contributed by atoms with E-state index in [2.05, 4.69) is 23.4 Å². The van der Waals surface area contributed by atoms with Crippen molar-refractivity contribution in [2.24, 2.45) is 9.98 Å². The molecule has 8 heavy (non-hydrogen) atoms. The summed E-state index contributed by atoms with van der Waals surface area (Å²) in [4.78, 5) is 7.00. The fourth-order valence-corrected chi connectivity index (χ4v) is 0.257. The van der Waals surface area contributed by atoms with E-state index in [1.807, 2.05) is 0 Å². The van der Waals surface area contributed by atoms with Gasteiger partial charge in [0.1, 0.15) is 0 Å². The summed E-state index contributed by atoms with van der Waals surface area (Å²) in [6.45, 7) is 6.48. The van der Waals surface area contributed by atoms with Crippen molar-refractivity contribution >= 4 is 13.4 Å². The Kier molecular flexibility index (Phi) is 4.13. The largest absolute Gasteiger partial charge is 0.304 e. The van der Waals surface area contributed by atoms with Crippen LogP contribution in [0, 0.1) is 0 Å². The van der Waals surface area contributed by atoms with Gasteiger partial charge in [-0.1, -0.05) is 0 Å². The number of hydrogen-bond donors (Lipinski definition) is 0. The lowest BCUT2D eigenvalue weighted by Crippen LogP contribution is -1.62. The maximum Gasteiger partial charge on any atom is 0.0494 e. The SMILES string of the molecule is C=NC.C=NC1CC1. The van der Waals surface area contributed by atoms with E-state index < -0.39 is 0 Å². The van der Waals surface area contributed by atoms with Gasteiger partial charge in [0.05, 0.1) is 0 Å². The Hall–Kier alpha value is -0.660. The van der Waals surface area contributed by atoms with Crippen LogP contribution < -0.4 is 0 Å². The molecule has 1 rings (SSSR count). The van der Waals surface area contributed by atoms with Crippen molar-refractivity contribution in [2.45, 2.75) is 18.9 Å². The highest BCUT2D eigenvalue weighted by Crippen LogP contribution is 2.21. The molecule has 0 aromatic rings. The van der Waals surface area contributed by atoms with Gasteiger partial charge in [-0.3, -0.25) is 4.99 Å².